The number of nitrogens with zero attached hydrogens (tertiary/aromatic N) is 3. The molecule has 0 fully saturated rings. The van der Waals surface area contributed by atoms with Crippen LogP contribution in [0.15, 0.2) is 0 Å². The molecule has 5 heteroatoms. The molecule has 0 bridgehead atoms. The summed E-state index contributed by atoms with van der Waals surface area (Å²) < 4.78 is 5.33. The van der Waals surface area contributed by atoms with E-state index in [1.807, 2.05) is 0 Å². The van der Waals surface area contributed by atoms with Crippen LogP contribution in [0.2, 0.25) is 0 Å². The Labute approximate surface area is 102 Å². The second-order valence-electron chi connectivity index (χ2n) is 4.30. The summed E-state index contributed by atoms with van der Waals surface area (Å²) in [5.41, 5.74) is 7.84. The van der Waals surface area contributed by atoms with Gasteiger partial charge in [-0.25, -0.2) is 4.98 Å². The van der Waals surface area contributed by atoms with Crippen molar-refractivity contribution >= 4 is 0 Å². The molecule has 0 saturated carbocycles. The lowest BCUT2D eigenvalue weighted by Gasteiger charge is -2.28. The molecule has 0 saturated heterocycles. The Morgan fingerprint density at radius 2 is 2.24 bits per heavy atom. The van der Waals surface area contributed by atoms with Crippen LogP contribution in [0.4, 0.5) is 0 Å². The van der Waals surface area contributed by atoms with Gasteiger partial charge in [-0.05, 0) is 19.4 Å². The largest absolute Gasteiger partial charge is 0.481 e. The third kappa shape index (κ3) is 2.56. The monoisotopic (exact) mass is 236 g/mol. The molecule has 0 aliphatic carbocycles. The second kappa shape index (κ2) is 5.42. The SMILES string of the molecule is CCCN1CCc2c(nc(CN)nc2OC)C1. The molecule has 2 N–H and O–H groups in total. The molecule has 0 atom stereocenters. The summed E-state index contributed by atoms with van der Waals surface area (Å²) in [4.78, 5) is 11.2. The third-order valence-corrected chi connectivity index (χ3v) is 3.07. The molecule has 0 spiro atoms. The molecule has 2 rings (SSSR count). The van der Waals surface area contributed by atoms with Crippen LogP contribution in [0.1, 0.15) is 30.4 Å². The lowest BCUT2D eigenvalue weighted by molar-refractivity contribution is 0.245. The van der Waals surface area contributed by atoms with Crippen LogP contribution >= 0.6 is 0 Å². The number of fused-ring (bicyclic) bond motifs is 1. The van der Waals surface area contributed by atoms with Crippen LogP contribution in [0.25, 0.3) is 0 Å². The molecule has 1 aliphatic heterocycles. The number of hydrogen-bond donors (Lipinski definition) is 1. The van der Waals surface area contributed by atoms with E-state index in [2.05, 4.69) is 21.8 Å². The first-order valence-electron chi connectivity index (χ1n) is 6.13. The van der Waals surface area contributed by atoms with E-state index in [0.29, 0.717) is 18.2 Å². The fraction of sp³-hybridized carbons (Fsp3) is 0.667. The van der Waals surface area contributed by atoms with Crippen LogP contribution < -0.4 is 10.5 Å². The Balaban J connectivity index is 2.29. The van der Waals surface area contributed by atoms with E-state index >= 15 is 0 Å². The summed E-state index contributed by atoms with van der Waals surface area (Å²) in [5.74, 6) is 1.37. The summed E-state index contributed by atoms with van der Waals surface area (Å²) in [6.07, 6.45) is 2.13. The average Bonchev–Trinajstić information content (AvgIpc) is 2.37. The molecule has 0 aromatic carbocycles. The Kier molecular flexibility index (Phi) is 3.91. The zero-order valence-corrected chi connectivity index (χ0v) is 10.6. The standard InChI is InChI=1S/C12H20N4O/c1-3-5-16-6-4-9-10(8-16)14-11(7-13)15-12(9)17-2/h3-8,13H2,1-2H3. The van der Waals surface area contributed by atoms with Gasteiger partial charge in [0.2, 0.25) is 5.88 Å². The Morgan fingerprint density at radius 3 is 2.88 bits per heavy atom. The van der Waals surface area contributed by atoms with Crippen LogP contribution in [-0.4, -0.2) is 35.1 Å². The molecule has 94 valence electrons. The quantitative estimate of drug-likeness (QED) is 0.834. The molecule has 2 heterocycles. The van der Waals surface area contributed by atoms with Gasteiger partial charge in [0.15, 0.2) is 0 Å². The maximum absolute atomic E-state index is 5.61. The van der Waals surface area contributed by atoms with Crippen molar-refractivity contribution in [1.82, 2.24) is 14.9 Å². The van der Waals surface area contributed by atoms with Gasteiger partial charge in [-0.2, -0.15) is 4.98 Å². The number of methoxy groups -OCH3 is 1. The fourth-order valence-electron chi connectivity index (χ4n) is 2.27. The smallest absolute Gasteiger partial charge is 0.220 e. The maximum atomic E-state index is 5.61. The first-order valence-corrected chi connectivity index (χ1v) is 6.13. The lowest BCUT2D eigenvalue weighted by Crippen LogP contribution is -2.32. The van der Waals surface area contributed by atoms with Crippen LogP contribution in [0.3, 0.4) is 0 Å². The molecule has 0 radical (unpaired) electrons. The minimum atomic E-state index is 0.359. The van der Waals surface area contributed by atoms with E-state index in [9.17, 15) is 0 Å². The van der Waals surface area contributed by atoms with Gasteiger partial charge in [0.25, 0.3) is 0 Å². The van der Waals surface area contributed by atoms with E-state index in [0.717, 1.165) is 37.3 Å². The highest BCUT2D eigenvalue weighted by molar-refractivity contribution is 5.33. The molecule has 0 amide bonds. The van der Waals surface area contributed by atoms with Gasteiger partial charge in [0, 0.05) is 18.7 Å². The molecule has 17 heavy (non-hydrogen) atoms. The molecular weight excluding hydrogens is 216 g/mol. The van der Waals surface area contributed by atoms with E-state index in [-0.39, 0.29) is 0 Å². The average molecular weight is 236 g/mol. The zero-order chi connectivity index (χ0) is 12.3. The first kappa shape index (κ1) is 12.3. The van der Waals surface area contributed by atoms with Crippen molar-refractivity contribution in [3.8, 4) is 5.88 Å². The van der Waals surface area contributed by atoms with E-state index in [1.165, 1.54) is 6.42 Å². The fourth-order valence-corrected chi connectivity index (χ4v) is 2.27. The molecule has 1 aromatic heterocycles. The predicted molar refractivity (Wildman–Crippen MR) is 65.7 cm³/mol. The molecule has 5 nitrogen and oxygen atoms in total. The maximum Gasteiger partial charge on any atom is 0.220 e. The second-order valence-corrected chi connectivity index (χ2v) is 4.30. The van der Waals surface area contributed by atoms with Gasteiger partial charge >= 0.3 is 0 Å². The third-order valence-electron chi connectivity index (χ3n) is 3.07. The highest BCUT2D eigenvalue weighted by Crippen LogP contribution is 2.24. The number of rotatable bonds is 4. The van der Waals surface area contributed by atoms with E-state index < -0.39 is 0 Å². The van der Waals surface area contributed by atoms with Crippen molar-refractivity contribution < 1.29 is 4.74 Å². The van der Waals surface area contributed by atoms with Gasteiger partial charge in [0.05, 0.1) is 19.3 Å². The van der Waals surface area contributed by atoms with Crippen molar-refractivity contribution in [2.24, 2.45) is 5.73 Å². The first-order chi connectivity index (χ1) is 8.28. The van der Waals surface area contributed by atoms with Crippen molar-refractivity contribution in [2.75, 3.05) is 20.2 Å². The summed E-state index contributed by atoms with van der Waals surface area (Å²) in [7, 11) is 1.65. The minimum absolute atomic E-state index is 0.359. The molecule has 0 unspecified atom stereocenters. The van der Waals surface area contributed by atoms with Gasteiger partial charge in [-0.3, -0.25) is 4.90 Å². The topological polar surface area (TPSA) is 64.3 Å². The normalized spacial score (nSPS) is 15.7. The number of aromatic nitrogens is 2. The zero-order valence-electron chi connectivity index (χ0n) is 10.6. The lowest BCUT2D eigenvalue weighted by atomic mass is 10.1. The van der Waals surface area contributed by atoms with Crippen molar-refractivity contribution in [3.63, 3.8) is 0 Å². The summed E-state index contributed by atoms with van der Waals surface area (Å²) in [6, 6.07) is 0. The van der Waals surface area contributed by atoms with Crippen molar-refractivity contribution in [3.05, 3.63) is 17.1 Å². The summed E-state index contributed by atoms with van der Waals surface area (Å²) >= 11 is 0. The Bertz CT molecular complexity index is 394. The highest BCUT2D eigenvalue weighted by Gasteiger charge is 2.21. The van der Waals surface area contributed by atoms with Crippen LogP contribution in [0, 0.1) is 0 Å². The summed E-state index contributed by atoms with van der Waals surface area (Å²) in [5, 5.41) is 0. The highest BCUT2D eigenvalue weighted by atomic mass is 16.5. The van der Waals surface area contributed by atoms with Crippen molar-refractivity contribution in [1.29, 1.82) is 0 Å². The number of nitrogens with two attached hydrogens (primary N) is 1. The van der Waals surface area contributed by atoms with Crippen molar-refractivity contribution in [2.45, 2.75) is 32.9 Å². The molecule has 1 aliphatic rings. The van der Waals surface area contributed by atoms with Gasteiger partial charge < -0.3 is 10.5 Å². The Hall–Kier alpha value is -1.20. The van der Waals surface area contributed by atoms with Gasteiger partial charge in [-0.15, -0.1) is 0 Å². The number of hydrogen-bond acceptors (Lipinski definition) is 5. The van der Waals surface area contributed by atoms with E-state index in [1.54, 1.807) is 7.11 Å². The van der Waals surface area contributed by atoms with Crippen LogP contribution in [0.5, 0.6) is 5.88 Å². The Morgan fingerprint density at radius 1 is 1.41 bits per heavy atom. The van der Waals surface area contributed by atoms with E-state index in [4.69, 9.17) is 10.5 Å². The molecular formula is C12H20N4O. The molecule has 1 aromatic rings. The van der Waals surface area contributed by atoms with Gasteiger partial charge in [0.1, 0.15) is 5.82 Å². The number of ether oxygens (including phenoxy) is 1. The summed E-state index contributed by atoms with van der Waals surface area (Å²) in [6.45, 7) is 5.61. The van der Waals surface area contributed by atoms with Gasteiger partial charge in [-0.1, -0.05) is 6.92 Å². The van der Waals surface area contributed by atoms with Crippen LogP contribution in [-0.2, 0) is 19.5 Å². The minimum Gasteiger partial charge on any atom is -0.481 e. The predicted octanol–water partition coefficient (Wildman–Crippen LogP) is 0.712.